The van der Waals surface area contributed by atoms with Crippen LogP contribution in [0.5, 0.6) is 0 Å². The van der Waals surface area contributed by atoms with Crippen molar-refractivity contribution in [1.82, 2.24) is 9.55 Å². The van der Waals surface area contributed by atoms with Crippen LogP contribution in [0.2, 0.25) is 0 Å². The zero-order valence-electron chi connectivity index (χ0n) is 9.59. The molecule has 0 saturated heterocycles. The Morgan fingerprint density at radius 2 is 2.07 bits per heavy atom. The molecular formula is C12H19BrN2. The summed E-state index contributed by atoms with van der Waals surface area (Å²) in [4.78, 5) is 4.44. The smallest absolute Gasteiger partial charge is 0.127 e. The van der Waals surface area contributed by atoms with Gasteiger partial charge in [-0.2, -0.15) is 0 Å². The minimum absolute atomic E-state index is 0.965. The highest BCUT2D eigenvalue weighted by atomic mass is 79.9. The van der Waals surface area contributed by atoms with Crippen molar-refractivity contribution in [2.75, 3.05) is 0 Å². The Morgan fingerprint density at radius 3 is 2.60 bits per heavy atom. The van der Waals surface area contributed by atoms with Gasteiger partial charge in [0.2, 0.25) is 0 Å². The minimum Gasteiger partial charge on any atom is -0.334 e. The van der Waals surface area contributed by atoms with Crippen LogP contribution in [0, 0.1) is 12.8 Å². The summed E-state index contributed by atoms with van der Waals surface area (Å²) in [5.74, 6) is 2.07. The first kappa shape index (κ1) is 11.2. The molecule has 1 aliphatic carbocycles. The van der Waals surface area contributed by atoms with Crippen LogP contribution in [0.25, 0.3) is 0 Å². The Bertz CT molecular complexity index is 338. The van der Waals surface area contributed by atoms with Crippen LogP contribution < -0.4 is 0 Å². The fraction of sp³-hybridized carbons (Fsp3) is 0.750. The van der Waals surface area contributed by atoms with Gasteiger partial charge in [0.05, 0.1) is 5.69 Å². The van der Waals surface area contributed by atoms with Crippen LogP contribution in [0.3, 0.4) is 0 Å². The third-order valence-corrected chi connectivity index (χ3v) is 4.29. The van der Waals surface area contributed by atoms with Crippen molar-refractivity contribution in [2.45, 2.75) is 45.4 Å². The van der Waals surface area contributed by atoms with Gasteiger partial charge in [-0.15, -0.1) is 0 Å². The van der Waals surface area contributed by atoms with E-state index in [1.165, 1.54) is 44.2 Å². The average molecular weight is 271 g/mol. The van der Waals surface area contributed by atoms with Crippen LogP contribution in [0.1, 0.15) is 43.6 Å². The summed E-state index contributed by atoms with van der Waals surface area (Å²) in [5.41, 5.74) is 1.36. The normalized spacial score (nSPS) is 17.5. The number of nitrogens with zero attached hydrogens (tertiary/aromatic N) is 2. The summed E-state index contributed by atoms with van der Waals surface area (Å²) in [5, 5.41) is 0. The SMILES string of the molecule is Cc1nc(Br)c(CCC2CCCC2)n1C. The highest BCUT2D eigenvalue weighted by Crippen LogP contribution is 2.29. The van der Waals surface area contributed by atoms with E-state index in [2.05, 4.69) is 39.5 Å². The molecule has 1 heterocycles. The van der Waals surface area contributed by atoms with Crippen molar-refractivity contribution in [3.05, 3.63) is 16.1 Å². The number of imidazole rings is 1. The summed E-state index contributed by atoms with van der Waals surface area (Å²) >= 11 is 3.55. The molecule has 0 unspecified atom stereocenters. The third-order valence-electron chi connectivity index (χ3n) is 3.65. The number of aryl methyl sites for hydroxylation is 1. The van der Waals surface area contributed by atoms with Crippen molar-refractivity contribution < 1.29 is 0 Å². The molecule has 0 bridgehead atoms. The Balaban J connectivity index is 1.97. The summed E-state index contributed by atoms with van der Waals surface area (Å²) in [6, 6.07) is 0. The van der Waals surface area contributed by atoms with Crippen molar-refractivity contribution in [3.63, 3.8) is 0 Å². The molecule has 0 amide bonds. The maximum absolute atomic E-state index is 4.44. The molecule has 0 aliphatic heterocycles. The summed E-state index contributed by atoms with van der Waals surface area (Å²) in [6.45, 7) is 2.06. The molecule has 0 radical (unpaired) electrons. The highest BCUT2D eigenvalue weighted by Gasteiger charge is 2.17. The Morgan fingerprint density at radius 1 is 1.40 bits per heavy atom. The fourth-order valence-electron chi connectivity index (χ4n) is 2.53. The summed E-state index contributed by atoms with van der Waals surface area (Å²) < 4.78 is 3.25. The zero-order valence-corrected chi connectivity index (χ0v) is 11.2. The van der Waals surface area contributed by atoms with Gasteiger partial charge >= 0.3 is 0 Å². The quantitative estimate of drug-likeness (QED) is 0.821. The second-order valence-electron chi connectivity index (χ2n) is 4.64. The molecule has 0 aromatic carbocycles. The minimum atomic E-state index is 0.965. The third kappa shape index (κ3) is 2.44. The molecule has 1 aromatic heterocycles. The maximum atomic E-state index is 4.44. The first-order valence-electron chi connectivity index (χ1n) is 5.86. The summed E-state index contributed by atoms with van der Waals surface area (Å²) in [6.07, 6.45) is 8.26. The largest absolute Gasteiger partial charge is 0.334 e. The average Bonchev–Trinajstić information content (AvgIpc) is 2.76. The maximum Gasteiger partial charge on any atom is 0.127 e. The van der Waals surface area contributed by atoms with Crippen LogP contribution in [-0.2, 0) is 13.5 Å². The second-order valence-corrected chi connectivity index (χ2v) is 5.40. The Labute approximate surface area is 100 Å². The first-order valence-corrected chi connectivity index (χ1v) is 6.65. The molecule has 2 nitrogen and oxygen atoms in total. The fourth-order valence-corrected chi connectivity index (χ4v) is 3.25. The molecule has 1 fully saturated rings. The number of hydrogen-bond donors (Lipinski definition) is 0. The number of aromatic nitrogens is 2. The lowest BCUT2D eigenvalue weighted by Crippen LogP contribution is -2.02. The van der Waals surface area contributed by atoms with E-state index < -0.39 is 0 Å². The van der Waals surface area contributed by atoms with Gasteiger partial charge in [-0.3, -0.25) is 0 Å². The lowest BCUT2D eigenvalue weighted by atomic mass is 10.0. The molecule has 2 rings (SSSR count). The van der Waals surface area contributed by atoms with E-state index in [4.69, 9.17) is 0 Å². The van der Waals surface area contributed by atoms with Gasteiger partial charge in [-0.1, -0.05) is 25.7 Å². The zero-order chi connectivity index (χ0) is 10.8. The molecule has 15 heavy (non-hydrogen) atoms. The van der Waals surface area contributed by atoms with E-state index in [0.29, 0.717) is 0 Å². The first-order chi connectivity index (χ1) is 7.18. The Hall–Kier alpha value is -0.310. The van der Waals surface area contributed by atoms with E-state index in [1.807, 2.05) is 0 Å². The van der Waals surface area contributed by atoms with Crippen LogP contribution in [-0.4, -0.2) is 9.55 Å². The van der Waals surface area contributed by atoms with Crippen molar-refractivity contribution in [1.29, 1.82) is 0 Å². The van der Waals surface area contributed by atoms with Crippen molar-refractivity contribution >= 4 is 15.9 Å². The predicted octanol–water partition coefficient (Wildman–Crippen LogP) is 3.61. The van der Waals surface area contributed by atoms with E-state index in [9.17, 15) is 0 Å². The van der Waals surface area contributed by atoms with E-state index in [-0.39, 0.29) is 0 Å². The van der Waals surface area contributed by atoms with E-state index in [0.717, 1.165) is 16.3 Å². The topological polar surface area (TPSA) is 17.8 Å². The van der Waals surface area contributed by atoms with E-state index in [1.54, 1.807) is 0 Å². The molecule has 0 spiro atoms. The Kier molecular flexibility index (Phi) is 3.49. The van der Waals surface area contributed by atoms with Gasteiger partial charge in [-0.05, 0) is 41.6 Å². The van der Waals surface area contributed by atoms with Gasteiger partial charge < -0.3 is 4.57 Å². The van der Waals surface area contributed by atoms with Gasteiger partial charge in [0.25, 0.3) is 0 Å². The van der Waals surface area contributed by atoms with Crippen molar-refractivity contribution in [2.24, 2.45) is 13.0 Å². The lowest BCUT2D eigenvalue weighted by molar-refractivity contribution is 0.496. The van der Waals surface area contributed by atoms with Gasteiger partial charge in [0.15, 0.2) is 0 Å². The van der Waals surface area contributed by atoms with Crippen LogP contribution in [0.4, 0.5) is 0 Å². The van der Waals surface area contributed by atoms with Gasteiger partial charge in [0, 0.05) is 7.05 Å². The monoisotopic (exact) mass is 270 g/mol. The van der Waals surface area contributed by atoms with Crippen molar-refractivity contribution in [3.8, 4) is 0 Å². The summed E-state index contributed by atoms with van der Waals surface area (Å²) in [7, 11) is 2.11. The molecule has 84 valence electrons. The lowest BCUT2D eigenvalue weighted by Gasteiger charge is -2.09. The van der Waals surface area contributed by atoms with Crippen LogP contribution in [0.15, 0.2) is 4.60 Å². The van der Waals surface area contributed by atoms with Gasteiger partial charge in [-0.25, -0.2) is 4.98 Å². The molecule has 0 atom stereocenters. The molecule has 3 heteroatoms. The van der Waals surface area contributed by atoms with E-state index >= 15 is 0 Å². The molecule has 1 aliphatic rings. The number of rotatable bonds is 3. The second kappa shape index (κ2) is 4.69. The molecule has 1 saturated carbocycles. The molecule has 0 N–H and O–H groups in total. The highest BCUT2D eigenvalue weighted by molar-refractivity contribution is 9.10. The number of hydrogen-bond acceptors (Lipinski definition) is 1. The predicted molar refractivity (Wildman–Crippen MR) is 65.9 cm³/mol. The molecular weight excluding hydrogens is 252 g/mol. The van der Waals surface area contributed by atoms with Crippen LogP contribution >= 0.6 is 15.9 Å². The number of halogens is 1. The van der Waals surface area contributed by atoms with Gasteiger partial charge in [0.1, 0.15) is 10.4 Å². The standard InChI is InChI=1S/C12H19BrN2/c1-9-14-12(13)11(15(9)2)8-7-10-5-3-4-6-10/h10H,3-8H2,1-2H3. The molecule has 1 aromatic rings.